The van der Waals surface area contributed by atoms with Gasteiger partial charge in [-0.2, -0.15) is 13.2 Å². The van der Waals surface area contributed by atoms with Crippen LogP contribution in [0.25, 0.3) is 0 Å². The lowest BCUT2D eigenvalue weighted by molar-refractivity contribution is -0.138. The molecular formula is C21H36F3N. The van der Waals surface area contributed by atoms with Gasteiger partial charge in [0.1, 0.15) is 0 Å². The monoisotopic (exact) mass is 359 g/mol. The van der Waals surface area contributed by atoms with Crippen molar-refractivity contribution in [1.82, 2.24) is 4.90 Å². The van der Waals surface area contributed by atoms with Gasteiger partial charge in [-0.05, 0) is 37.4 Å². The van der Waals surface area contributed by atoms with Crippen LogP contribution in [0.2, 0.25) is 0 Å². The Morgan fingerprint density at radius 3 is 1.96 bits per heavy atom. The van der Waals surface area contributed by atoms with Crippen molar-refractivity contribution in [3.8, 4) is 0 Å². The lowest BCUT2D eigenvalue weighted by Crippen LogP contribution is -2.36. The predicted molar refractivity (Wildman–Crippen MR) is 102 cm³/mol. The molecule has 0 aliphatic carbocycles. The maximum Gasteiger partial charge on any atom is 0.416 e. The Kier molecular flexibility index (Phi) is 12.7. The van der Waals surface area contributed by atoms with Crippen LogP contribution < -0.4 is 0 Å². The van der Waals surface area contributed by atoms with Gasteiger partial charge in [-0.3, -0.25) is 4.90 Å². The molecule has 0 aliphatic heterocycles. The Bertz CT molecular complexity index is 437. The van der Waals surface area contributed by atoms with Crippen molar-refractivity contribution in [3.05, 3.63) is 35.4 Å². The molecule has 1 rings (SSSR count). The molecule has 25 heavy (non-hydrogen) atoms. The lowest BCUT2D eigenvalue weighted by atomic mass is 10.0. The van der Waals surface area contributed by atoms with Crippen molar-refractivity contribution < 1.29 is 13.2 Å². The first-order chi connectivity index (χ1) is 11.9. The molecule has 0 aromatic heterocycles. The Labute approximate surface area is 152 Å². The predicted octanol–water partition coefficient (Wildman–Crippen LogP) is 7.30. The Morgan fingerprint density at radius 2 is 1.48 bits per heavy atom. The van der Waals surface area contributed by atoms with Gasteiger partial charge < -0.3 is 0 Å². The second-order valence-corrected chi connectivity index (χ2v) is 6.21. The van der Waals surface area contributed by atoms with Gasteiger partial charge in [-0.15, -0.1) is 0 Å². The van der Waals surface area contributed by atoms with Crippen LogP contribution in [-0.4, -0.2) is 17.5 Å². The molecule has 0 atom stereocenters. The van der Waals surface area contributed by atoms with Crippen LogP contribution in [0.4, 0.5) is 13.2 Å². The van der Waals surface area contributed by atoms with Crippen molar-refractivity contribution in [3.63, 3.8) is 0 Å². The van der Waals surface area contributed by atoms with E-state index in [-0.39, 0.29) is 0 Å². The van der Waals surface area contributed by atoms with E-state index in [2.05, 4.69) is 25.7 Å². The summed E-state index contributed by atoms with van der Waals surface area (Å²) in [5, 5.41) is 0. The summed E-state index contributed by atoms with van der Waals surface area (Å²) in [6.07, 6.45) is 2.03. The van der Waals surface area contributed by atoms with Gasteiger partial charge in [0.15, 0.2) is 0 Å². The van der Waals surface area contributed by atoms with Crippen molar-refractivity contribution in [2.45, 2.75) is 91.9 Å². The number of hydrogen-bond donors (Lipinski definition) is 0. The van der Waals surface area contributed by atoms with Gasteiger partial charge >= 0.3 is 6.18 Å². The van der Waals surface area contributed by atoms with E-state index in [1.165, 1.54) is 12.1 Å². The first-order valence-corrected chi connectivity index (χ1v) is 9.83. The molecule has 0 radical (unpaired) electrons. The number of unbranched alkanes of at least 4 members (excludes halogenated alkanes) is 1. The van der Waals surface area contributed by atoms with Gasteiger partial charge in [-0.25, -0.2) is 0 Å². The highest BCUT2D eigenvalue weighted by atomic mass is 19.4. The van der Waals surface area contributed by atoms with E-state index in [1.807, 2.05) is 13.8 Å². The number of hydrogen-bond acceptors (Lipinski definition) is 1. The summed E-state index contributed by atoms with van der Waals surface area (Å²) in [5.41, 5.74) is -0.0958. The third-order valence-corrected chi connectivity index (χ3v) is 4.26. The SMILES string of the molecule is CC.CCCCN(Cc1ccccc1C(F)(F)F)C(CCC)CCC. The number of nitrogens with zero attached hydrogens (tertiary/aromatic N) is 1. The molecule has 0 aliphatic rings. The van der Waals surface area contributed by atoms with Gasteiger partial charge in [0, 0.05) is 12.6 Å². The van der Waals surface area contributed by atoms with E-state index in [4.69, 9.17) is 0 Å². The summed E-state index contributed by atoms with van der Waals surface area (Å²) in [5.74, 6) is 0. The average Bonchev–Trinajstić information content (AvgIpc) is 2.59. The van der Waals surface area contributed by atoms with E-state index < -0.39 is 11.7 Å². The van der Waals surface area contributed by atoms with Crippen LogP contribution in [0.15, 0.2) is 24.3 Å². The molecule has 0 saturated carbocycles. The fourth-order valence-electron chi connectivity index (χ4n) is 3.08. The Hall–Kier alpha value is -1.03. The molecule has 0 fully saturated rings. The number of benzene rings is 1. The maximum atomic E-state index is 13.2. The van der Waals surface area contributed by atoms with Crippen molar-refractivity contribution in [2.24, 2.45) is 0 Å². The molecule has 0 bridgehead atoms. The minimum atomic E-state index is -4.28. The highest BCUT2D eigenvalue weighted by Gasteiger charge is 2.33. The summed E-state index contributed by atoms with van der Waals surface area (Å²) < 4.78 is 39.7. The van der Waals surface area contributed by atoms with Gasteiger partial charge in [-0.1, -0.05) is 72.1 Å². The minimum Gasteiger partial charge on any atom is -0.296 e. The molecule has 0 N–H and O–H groups in total. The molecular weight excluding hydrogens is 323 g/mol. The zero-order chi connectivity index (χ0) is 19.3. The van der Waals surface area contributed by atoms with E-state index >= 15 is 0 Å². The first kappa shape index (κ1) is 24.0. The molecule has 0 saturated heterocycles. The van der Waals surface area contributed by atoms with E-state index in [1.54, 1.807) is 12.1 Å². The zero-order valence-corrected chi connectivity index (χ0v) is 16.6. The molecule has 4 heteroatoms. The Balaban J connectivity index is 0.00000277. The van der Waals surface area contributed by atoms with Crippen LogP contribution in [0.3, 0.4) is 0 Å². The third kappa shape index (κ3) is 8.75. The van der Waals surface area contributed by atoms with E-state index in [0.717, 1.165) is 45.1 Å². The highest BCUT2D eigenvalue weighted by Crippen LogP contribution is 2.33. The van der Waals surface area contributed by atoms with Gasteiger partial charge in [0.05, 0.1) is 5.56 Å². The summed E-state index contributed by atoms with van der Waals surface area (Å²) in [7, 11) is 0. The normalized spacial score (nSPS) is 11.6. The van der Waals surface area contributed by atoms with E-state index in [0.29, 0.717) is 18.2 Å². The summed E-state index contributed by atoms with van der Waals surface area (Å²) in [6.45, 7) is 11.7. The van der Waals surface area contributed by atoms with E-state index in [9.17, 15) is 13.2 Å². The molecule has 1 nitrogen and oxygen atoms in total. The third-order valence-electron chi connectivity index (χ3n) is 4.26. The van der Waals surface area contributed by atoms with Crippen LogP contribution in [0.1, 0.15) is 84.3 Å². The lowest BCUT2D eigenvalue weighted by Gasteiger charge is -2.32. The Morgan fingerprint density at radius 1 is 0.920 bits per heavy atom. The second kappa shape index (κ2) is 13.2. The minimum absolute atomic E-state index is 0.373. The van der Waals surface area contributed by atoms with Crippen LogP contribution in [0, 0.1) is 0 Å². The average molecular weight is 360 g/mol. The molecule has 0 spiro atoms. The topological polar surface area (TPSA) is 3.24 Å². The quantitative estimate of drug-likeness (QED) is 0.423. The van der Waals surface area contributed by atoms with Gasteiger partial charge in [0.2, 0.25) is 0 Å². The van der Waals surface area contributed by atoms with Gasteiger partial charge in [0.25, 0.3) is 0 Å². The standard InChI is InChI=1S/C19H30F3N.C2H6/c1-4-7-14-23(17(10-5-2)11-6-3)15-16-12-8-9-13-18(16)19(20,21)22;1-2/h8-9,12-13,17H,4-7,10-11,14-15H2,1-3H3;1-2H3. The maximum absolute atomic E-state index is 13.2. The fourth-order valence-corrected chi connectivity index (χ4v) is 3.08. The molecule has 0 heterocycles. The highest BCUT2D eigenvalue weighted by molar-refractivity contribution is 5.29. The van der Waals surface area contributed by atoms with Crippen LogP contribution >= 0.6 is 0 Å². The fraction of sp³-hybridized carbons (Fsp3) is 0.714. The number of rotatable bonds is 10. The second-order valence-electron chi connectivity index (χ2n) is 6.21. The largest absolute Gasteiger partial charge is 0.416 e. The molecule has 1 aromatic rings. The van der Waals surface area contributed by atoms with Crippen LogP contribution in [-0.2, 0) is 12.7 Å². The summed E-state index contributed by atoms with van der Waals surface area (Å²) >= 11 is 0. The van der Waals surface area contributed by atoms with Crippen molar-refractivity contribution in [2.75, 3.05) is 6.54 Å². The first-order valence-electron chi connectivity index (χ1n) is 9.83. The number of alkyl halides is 3. The summed E-state index contributed by atoms with van der Waals surface area (Å²) in [4.78, 5) is 2.26. The van der Waals surface area contributed by atoms with Crippen LogP contribution in [0.5, 0.6) is 0 Å². The van der Waals surface area contributed by atoms with Crippen molar-refractivity contribution >= 4 is 0 Å². The van der Waals surface area contributed by atoms with Crippen molar-refractivity contribution in [1.29, 1.82) is 0 Å². The molecule has 0 amide bonds. The molecule has 1 aromatic carbocycles. The smallest absolute Gasteiger partial charge is 0.296 e. The number of halogens is 3. The summed E-state index contributed by atoms with van der Waals surface area (Å²) in [6, 6.07) is 6.37. The zero-order valence-electron chi connectivity index (χ0n) is 16.6. The molecule has 0 unspecified atom stereocenters. The molecule has 146 valence electrons.